The average molecular weight is 495 g/mol. The lowest BCUT2D eigenvalue weighted by molar-refractivity contribution is -0.174. The Morgan fingerprint density at radius 3 is 2.34 bits per heavy atom. The van der Waals surface area contributed by atoms with E-state index < -0.39 is 65.9 Å². The summed E-state index contributed by atoms with van der Waals surface area (Å²) >= 11 is 0. The number of carbonyl (C=O) groups excluding carboxylic acids is 3. The Labute approximate surface area is 209 Å². The third-order valence-corrected chi connectivity index (χ3v) is 7.32. The summed E-state index contributed by atoms with van der Waals surface area (Å²) in [7, 11) is 0. The number of esters is 3. The lowest BCUT2D eigenvalue weighted by Gasteiger charge is -2.38. The van der Waals surface area contributed by atoms with Crippen molar-refractivity contribution >= 4 is 17.9 Å². The van der Waals surface area contributed by atoms with Crippen LogP contribution in [0.3, 0.4) is 0 Å². The molecule has 0 radical (unpaired) electrons. The maximum Gasteiger partial charge on any atom is 0.334 e. The second-order valence-electron chi connectivity index (χ2n) is 10.5. The molecule has 0 bridgehead atoms. The van der Waals surface area contributed by atoms with Crippen molar-refractivity contribution in [3.8, 4) is 0 Å². The van der Waals surface area contributed by atoms with Crippen LogP contribution in [0.25, 0.3) is 0 Å². The van der Waals surface area contributed by atoms with E-state index in [0.717, 1.165) is 5.57 Å². The summed E-state index contributed by atoms with van der Waals surface area (Å²) in [6.45, 7) is 15.7. The number of rotatable bonds is 7. The molecule has 0 spiro atoms. The van der Waals surface area contributed by atoms with Crippen LogP contribution in [0.5, 0.6) is 0 Å². The van der Waals surface area contributed by atoms with Crippen LogP contribution >= 0.6 is 0 Å². The number of allylic oxidation sites excluding steroid dienone is 2. The first kappa shape index (κ1) is 29.0. The van der Waals surface area contributed by atoms with Gasteiger partial charge in [-0.05, 0) is 65.9 Å². The third kappa shape index (κ3) is 6.94. The molecule has 8 heteroatoms. The second kappa shape index (κ2) is 11.7. The Kier molecular flexibility index (Phi) is 9.71. The van der Waals surface area contributed by atoms with Gasteiger partial charge >= 0.3 is 17.9 Å². The van der Waals surface area contributed by atoms with Gasteiger partial charge in [-0.25, -0.2) is 4.79 Å². The van der Waals surface area contributed by atoms with E-state index in [1.807, 2.05) is 33.8 Å². The van der Waals surface area contributed by atoms with E-state index in [2.05, 4.69) is 0 Å². The highest BCUT2D eigenvalue weighted by Gasteiger charge is 2.61. The summed E-state index contributed by atoms with van der Waals surface area (Å²) in [5, 5.41) is 11.6. The lowest BCUT2D eigenvalue weighted by atomic mass is 9.77. The van der Waals surface area contributed by atoms with Crippen LogP contribution in [0.2, 0.25) is 0 Å². The van der Waals surface area contributed by atoms with Gasteiger partial charge in [0, 0.05) is 18.4 Å². The summed E-state index contributed by atoms with van der Waals surface area (Å²) in [5.41, 5.74) is 0.687. The minimum Gasteiger partial charge on any atom is -0.462 e. The minimum absolute atomic E-state index is 0.131. The van der Waals surface area contributed by atoms with E-state index in [9.17, 15) is 19.5 Å². The highest BCUT2D eigenvalue weighted by Crippen LogP contribution is 2.48. The Bertz CT molecular complexity index is 859. The molecule has 8 unspecified atom stereocenters. The van der Waals surface area contributed by atoms with Crippen molar-refractivity contribution in [3.05, 3.63) is 23.3 Å². The van der Waals surface area contributed by atoms with Crippen LogP contribution in [-0.2, 0) is 33.3 Å². The van der Waals surface area contributed by atoms with Gasteiger partial charge in [-0.2, -0.15) is 0 Å². The third-order valence-electron chi connectivity index (χ3n) is 7.32. The van der Waals surface area contributed by atoms with E-state index >= 15 is 0 Å². The quantitative estimate of drug-likeness (QED) is 0.187. The van der Waals surface area contributed by atoms with Crippen molar-refractivity contribution in [2.24, 2.45) is 17.8 Å². The van der Waals surface area contributed by atoms with Gasteiger partial charge in [0.2, 0.25) is 0 Å². The first-order chi connectivity index (χ1) is 16.2. The summed E-state index contributed by atoms with van der Waals surface area (Å²) in [6.07, 6.45) is 1.10. The zero-order valence-electron chi connectivity index (χ0n) is 22.5. The smallest absolute Gasteiger partial charge is 0.334 e. The molecule has 0 aromatic heterocycles. The lowest BCUT2D eigenvalue weighted by Crippen LogP contribution is -2.50. The van der Waals surface area contributed by atoms with Gasteiger partial charge in [-0.3, -0.25) is 9.59 Å². The Hall–Kier alpha value is -2.19. The molecule has 2 rings (SSSR count). The molecule has 1 aliphatic heterocycles. The normalized spacial score (nSPS) is 33.1. The Morgan fingerprint density at radius 2 is 1.80 bits per heavy atom. The summed E-state index contributed by atoms with van der Waals surface area (Å²) in [4.78, 5) is 37.1. The monoisotopic (exact) mass is 494 g/mol. The zero-order valence-corrected chi connectivity index (χ0v) is 22.5. The molecule has 1 heterocycles. The molecule has 0 amide bonds. The first-order valence-electron chi connectivity index (χ1n) is 12.5. The number of ether oxygens (including phenoxy) is 4. The van der Waals surface area contributed by atoms with Crippen LogP contribution in [0.4, 0.5) is 0 Å². The number of aliphatic hydroxyl groups is 1. The van der Waals surface area contributed by atoms with Crippen molar-refractivity contribution in [2.45, 2.75) is 111 Å². The second-order valence-corrected chi connectivity index (χ2v) is 10.5. The fraction of sp³-hybridized carbons (Fsp3) is 0.741. The fourth-order valence-corrected chi connectivity index (χ4v) is 4.64. The summed E-state index contributed by atoms with van der Waals surface area (Å²) < 4.78 is 23.0. The molecule has 1 fully saturated rings. The number of hydrogen-bond donors (Lipinski definition) is 1. The van der Waals surface area contributed by atoms with Gasteiger partial charge in [0.15, 0.2) is 0 Å². The molecule has 0 aromatic carbocycles. The fourth-order valence-electron chi connectivity index (χ4n) is 4.64. The van der Waals surface area contributed by atoms with Crippen molar-refractivity contribution in [1.29, 1.82) is 0 Å². The highest BCUT2D eigenvalue weighted by molar-refractivity contribution is 5.87. The SMILES string of the molecule is CC=C(C)C(=O)OC1C(C)=CCCC2(C)OC2C(OC(=O)C(C)C(C)OC(C)=O)C(C(C)C)C1O. The molecule has 2 aliphatic rings. The van der Waals surface area contributed by atoms with E-state index in [1.165, 1.54) is 6.92 Å². The molecule has 0 aromatic rings. The van der Waals surface area contributed by atoms with Gasteiger partial charge in [0.25, 0.3) is 0 Å². The molecule has 0 saturated carbocycles. The molecule has 35 heavy (non-hydrogen) atoms. The zero-order chi connectivity index (χ0) is 26.7. The van der Waals surface area contributed by atoms with Crippen LogP contribution in [0, 0.1) is 17.8 Å². The number of fused-ring (bicyclic) bond motifs is 1. The van der Waals surface area contributed by atoms with E-state index in [0.29, 0.717) is 18.4 Å². The van der Waals surface area contributed by atoms with Crippen molar-refractivity contribution in [2.75, 3.05) is 0 Å². The van der Waals surface area contributed by atoms with Crippen LogP contribution in [0.15, 0.2) is 23.3 Å². The van der Waals surface area contributed by atoms with E-state index in [4.69, 9.17) is 18.9 Å². The molecule has 1 N–H and O–H groups in total. The van der Waals surface area contributed by atoms with Gasteiger partial charge in [0.1, 0.15) is 30.5 Å². The van der Waals surface area contributed by atoms with E-state index in [1.54, 1.807) is 33.8 Å². The number of epoxide rings is 1. The topological polar surface area (TPSA) is 112 Å². The summed E-state index contributed by atoms with van der Waals surface area (Å²) in [6, 6.07) is 0. The Balaban J connectivity index is 2.42. The standard InChI is InChI=1S/C27H42O8/c1-10-15(4)25(30)33-22-16(5)12-11-13-27(9)24(35-27)23(20(14(2)3)21(22)29)34-26(31)17(6)18(7)32-19(8)28/h10,12,14,17-18,20-24,29H,11,13H2,1-9H3. The molecule has 1 saturated heterocycles. The summed E-state index contributed by atoms with van der Waals surface area (Å²) in [5.74, 6) is -2.94. The first-order valence-corrected chi connectivity index (χ1v) is 12.5. The molecule has 198 valence electrons. The van der Waals surface area contributed by atoms with Crippen LogP contribution < -0.4 is 0 Å². The van der Waals surface area contributed by atoms with Gasteiger partial charge in [0.05, 0.1) is 11.5 Å². The minimum atomic E-state index is -1.13. The van der Waals surface area contributed by atoms with Gasteiger partial charge in [-0.1, -0.05) is 26.0 Å². The average Bonchev–Trinajstić information content (AvgIpc) is 3.44. The Morgan fingerprint density at radius 1 is 1.17 bits per heavy atom. The highest BCUT2D eigenvalue weighted by atomic mass is 16.6. The van der Waals surface area contributed by atoms with Crippen molar-refractivity contribution in [1.82, 2.24) is 0 Å². The largest absolute Gasteiger partial charge is 0.462 e. The van der Waals surface area contributed by atoms with Gasteiger partial charge in [-0.15, -0.1) is 0 Å². The molecule has 1 aliphatic carbocycles. The molecular formula is C27H42O8. The van der Waals surface area contributed by atoms with Crippen LogP contribution in [-0.4, -0.2) is 59.1 Å². The van der Waals surface area contributed by atoms with Crippen molar-refractivity contribution in [3.63, 3.8) is 0 Å². The molecule has 8 nitrogen and oxygen atoms in total. The molecule has 8 atom stereocenters. The number of aliphatic hydroxyl groups excluding tert-OH is 1. The van der Waals surface area contributed by atoms with Crippen LogP contribution in [0.1, 0.15) is 75.2 Å². The van der Waals surface area contributed by atoms with Gasteiger partial charge < -0.3 is 24.1 Å². The predicted molar refractivity (Wildman–Crippen MR) is 130 cm³/mol. The predicted octanol–water partition coefficient (Wildman–Crippen LogP) is 3.89. The maximum absolute atomic E-state index is 13.1. The number of carbonyl (C=O) groups is 3. The van der Waals surface area contributed by atoms with Crippen molar-refractivity contribution < 1.29 is 38.4 Å². The molecular weight excluding hydrogens is 452 g/mol. The maximum atomic E-state index is 13.1. The van der Waals surface area contributed by atoms with E-state index in [-0.39, 0.29) is 5.92 Å². The number of hydrogen-bond acceptors (Lipinski definition) is 8.